The molecular formula is C37H41F2N7O. The number of benzene rings is 1. The summed E-state index contributed by atoms with van der Waals surface area (Å²) in [6.07, 6.45) is 16.8. The molecule has 4 heterocycles. The molecule has 6 rings (SSSR count). The van der Waals surface area contributed by atoms with E-state index in [1.54, 1.807) is 19.2 Å². The standard InChI is InChI=1S/C37H41F2N7O/c1-22(15-27-21-43-27)16-28-24(3)30(38)18-33(35(28)39)47-36-23(2)9-8-14-42-37(29(36)20-40)44-34-19-32(45-46-34)26-11-12-31-25(17-26)10-6-4-5-7-13-41-31/h5,7-8,11-14,16-19,23-24,27,30,34,43,45-46H,4,6,9-10,15,21H2,1-3H3,(H,42,44)/b7-5-,14-8?,22-16-,36-29?,41-13?. The normalized spacial score (nSPS) is 29.2. The van der Waals surface area contributed by atoms with Crippen LogP contribution in [-0.4, -0.2) is 37.0 Å². The molecule has 0 spiro atoms. The molecule has 1 aromatic carbocycles. The quantitative estimate of drug-likeness (QED) is 0.245. The zero-order valence-electron chi connectivity index (χ0n) is 27.0. The predicted molar refractivity (Wildman–Crippen MR) is 182 cm³/mol. The number of hydrogen-bond acceptors (Lipinski definition) is 7. The molecule has 0 saturated carbocycles. The van der Waals surface area contributed by atoms with Gasteiger partial charge in [-0.2, -0.15) is 5.26 Å². The minimum Gasteiger partial charge on any atom is -0.457 e. The summed E-state index contributed by atoms with van der Waals surface area (Å²) < 4.78 is 37.4. The number of halogens is 2. The zero-order valence-corrected chi connectivity index (χ0v) is 27.0. The van der Waals surface area contributed by atoms with E-state index in [-0.39, 0.29) is 34.4 Å². The number of ether oxygens (including phenoxy) is 1. The summed E-state index contributed by atoms with van der Waals surface area (Å²) in [4.78, 5) is 9.39. The highest BCUT2D eigenvalue weighted by molar-refractivity contribution is 6.03. The summed E-state index contributed by atoms with van der Waals surface area (Å²) in [5.41, 5.74) is 11.7. The Bertz CT molecular complexity index is 1720. The Morgan fingerprint density at radius 1 is 1.23 bits per heavy atom. The molecule has 1 fully saturated rings. The lowest BCUT2D eigenvalue weighted by Crippen LogP contribution is -2.33. The highest BCUT2D eigenvalue weighted by Crippen LogP contribution is 2.38. The van der Waals surface area contributed by atoms with Crippen molar-refractivity contribution in [3.8, 4) is 6.07 Å². The molecule has 8 nitrogen and oxygen atoms in total. The smallest absolute Gasteiger partial charge is 0.169 e. The Balaban J connectivity index is 1.29. The van der Waals surface area contributed by atoms with E-state index in [0.717, 1.165) is 54.7 Å². The van der Waals surface area contributed by atoms with Crippen molar-refractivity contribution in [1.82, 2.24) is 21.5 Å². The van der Waals surface area contributed by atoms with Crippen LogP contribution in [0.2, 0.25) is 0 Å². The molecule has 0 amide bonds. The number of nitrogens with zero attached hydrogens (tertiary/aromatic N) is 3. The maximum Gasteiger partial charge on any atom is 0.169 e. The highest BCUT2D eigenvalue weighted by atomic mass is 19.1. The molecule has 5 unspecified atom stereocenters. The molecule has 4 N–H and O–H groups in total. The van der Waals surface area contributed by atoms with Crippen molar-refractivity contribution in [3.63, 3.8) is 0 Å². The van der Waals surface area contributed by atoms with Gasteiger partial charge in [0.25, 0.3) is 0 Å². The molecule has 4 aliphatic heterocycles. The summed E-state index contributed by atoms with van der Waals surface area (Å²) in [6, 6.07) is 8.80. The molecule has 244 valence electrons. The molecule has 0 radical (unpaired) electrons. The molecule has 1 aromatic rings. The summed E-state index contributed by atoms with van der Waals surface area (Å²) in [5.74, 6) is -1.29. The van der Waals surface area contributed by atoms with E-state index in [2.05, 4.69) is 44.7 Å². The Labute approximate surface area is 275 Å². The van der Waals surface area contributed by atoms with E-state index in [1.807, 2.05) is 50.4 Å². The average molecular weight is 638 g/mol. The topological polar surface area (TPSA) is 116 Å². The molecule has 1 aliphatic carbocycles. The Hall–Kier alpha value is -4.59. The fourth-order valence-corrected chi connectivity index (χ4v) is 6.06. The number of aryl methyl sites for hydroxylation is 1. The van der Waals surface area contributed by atoms with Crippen molar-refractivity contribution < 1.29 is 13.5 Å². The van der Waals surface area contributed by atoms with Crippen molar-refractivity contribution in [2.75, 3.05) is 6.54 Å². The van der Waals surface area contributed by atoms with Crippen LogP contribution in [0.1, 0.15) is 57.6 Å². The predicted octanol–water partition coefficient (Wildman–Crippen LogP) is 6.80. The van der Waals surface area contributed by atoms with Crippen LogP contribution < -0.4 is 21.5 Å². The van der Waals surface area contributed by atoms with Crippen LogP contribution in [0.4, 0.5) is 14.5 Å². The van der Waals surface area contributed by atoms with Gasteiger partial charge in [0.15, 0.2) is 11.6 Å². The van der Waals surface area contributed by atoms with E-state index in [1.165, 1.54) is 11.6 Å². The van der Waals surface area contributed by atoms with Crippen LogP contribution in [0.15, 0.2) is 105 Å². The number of fused-ring (bicyclic) bond motifs is 1. The summed E-state index contributed by atoms with van der Waals surface area (Å²) in [7, 11) is 0. The van der Waals surface area contributed by atoms with E-state index in [4.69, 9.17) is 9.73 Å². The number of hydrogen-bond donors (Lipinski definition) is 4. The third kappa shape index (κ3) is 7.70. The first-order chi connectivity index (χ1) is 22.8. The summed E-state index contributed by atoms with van der Waals surface area (Å²) in [6.45, 7) is 6.43. The molecule has 10 heteroatoms. The van der Waals surface area contributed by atoms with Gasteiger partial charge in [-0.05, 0) is 92.3 Å². The van der Waals surface area contributed by atoms with Crippen LogP contribution in [0.3, 0.4) is 0 Å². The third-order valence-corrected chi connectivity index (χ3v) is 8.89. The Morgan fingerprint density at radius 3 is 2.89 bits per heavy atom. The summed E-state index contributed by atoms with van der Waals surface area (Å²) in [5, 5.41) is 16.7. The van der Waals surface area contributed by atoms with Crippen LogP contribution in [-0.2, 0) is 11.2 Å². The van der Waals surface area contributed by atoms with Gasteiger partial charge in [0.1, 0.15) is 35.6 Å². The Morgan fingerprint density at radius 2 is 2.09 bits per heavy atom. The SMILES string of the molecule is C/C(=C/C1=C(F)C(OC2=C(C#N)C(=NC3C=C(c4ccc5c(c4)CCC/C=C\C=N5)NN3)NC=CCC2C)=CC(F)C1C)CC1CN1. The molecule has 1 saturated heterocycles. The number of rotatable bonds is 7. The second kappa shape index (κ2) is 14.4. The minimum absolute atomic E-state index is 0.130. The fourth-order valence-electron chi connectivity index (χ4n) is 6.06. The van der Waals surface area contributed by atoms with Crippen molar-refractivity contribution in [1.29, 1.82) is 5.26 Å². The van der Waals surface area contributed by atoms with Crippen molar-refractivity contribution in [2.24, 2.45) is 21.8 Å². The van der Waals surface area contributed by atoms with Gasteiger partial charge in [0.05, 0.1) is 11.4 Å². The van der Waals surface area contributed by atoms with Gasteiger partial charge in [-0.15, -0.1) is 0 Å². The van der Waals surface area contributed by atoms with Crippen LogP contribution >= 0.6 is 0 Å². The minimum atomic E-state index is -1.44. The number of aliphatic imine (C=N–C) groups is 2. The third-order valence-electron chi connectivity index (χ3n) is 8.89. The van der Waals surface area contributed by atoms with Gasteiger partial charge in [-0.3, -0.25) is 4.99 Å². The van der Waals surface area contributed by atoms with E-state index in [9.17, 15) is 5.26 Å². The number of hydrazine groups is 1. The first kappa shape index (κ1) is 32.4. The van der Waals surface area contributed by atoms with Gasteiger partial charge in [0, 0.05) is 30.6 Å². The maximum absolute atomic E-state index is 16.0. The maximum atomic E-state index is 16.0. The number of nitrogens with one attached hydrogen (secondary N) is 4. The molecule has 0 aromatic heterocycles. The lowest BCUT2D eigenvalue weighted by atomic mass is 9.88. The van der Waals surface area contributed by atoms with Gasteiger partial charge < -0.3 is 20.8 Å². The van der Waals surface area contributed by atoms with Crippen molar-refractivity contribution in [3.05, 3.63) is 106 Å². The molecule has 5 aliphatic rings. The van der Waals surface area contributed by atoms with Crippen LogP contribution in [0, 0.1) is 23.2 Å². The lowest BCUT2D eigenvalue weighted by molar-refractivity contribution is 0.228. The first-order valence-corrected chi connectivity index (χ1v) is 16.3. The van der Waals surface area contributed by atoms with Crippen LogP contribution in [0.25, 0.3) is 5.70 Å². The Kier molecular flexibility index (Phi) is 9.95. The highest BCUT2D eigenvalue weighted by Gasteiger charge is 2.33. The first-order valence-electron chi connectivity index (χ1n) is 16.3. The fraction of sp³-hybridized carbons (Fsp3) is 0.378. The van der Waals surface area contributed by atoms with Gasteiger partial charge in [-0.25, -0.2) is 19.2 Å². The monoisotopic (exact) mass is 637 g/mol. The second-order valence-corrected chi connectivity index (χ2v) is 12.7. The number of allylic oxidation sites excluding steroid dienone is 8. The van der Waals surface area contributed by atoms with E-state index in [0.29, 0.717) is 12.5 Å². The molecule has 5 atom stereocenters. The lowest BCUT2D eigenvalue weighted by Gasteiger charge is -2.27. The van der Waals surface area contributed by atoms with Gasteiger partial charge >= 0.3 is 0 Å². The van der Waals surface area contributed by atoms with Gasteiger partial charge in [-0.1, -0.05) is 43.7 Å². The van der Waals surface area contributed by atoms with Gasteiger partial charge in [0.2, 0.25) is 0 Å². The average Bonchev–Trinajstić information content (AvgIpc) is 3.72. The molecular weight excluding hydrogens is 596 g/mol. The number of nitriles is 1. The van der Waals surface area contributed by atoms with Crippen molar-refractivity contribution >= 4 is 23.4 Å². The zero-order chi connectivity index (χ0) is 32.9. The number of amidine groups is 1. The van der Waals surface area contributed by atoms with Crippen molar-refractivity contribution in [2.45, 2.75) is 71.3 Å². The largest absolute Gasteiger partial charge is 0.457 e. The number of alkyl halides is 1. The van der Waals surface area contributed by atoms with Crippen LogP contribution in [0.5, 0.6) is 0 Å². The molecule has 47 heavy (non-hydrogen) atoms. The van der Waals surface area contributed by atoms with E-state index >= 15 is 8.78 Å². The molecule has 0 bridgehead atoms. The second-order valence-electron chi connectivity index (χ2n) is 12.7. The summed E-state index contributed by atoms with van der Waals surface area (Å²) >= 11 is 0. The van der Waals surface area contributed by atoms with E-state index < -0.39 is 24.1 Å².